The molecule has 0 radical (unpaired) electrons. The number of carbonyl (C=O) groups excluding carboxylic acids is 1. The molecule has 0 aliphatic heterocycles. The standard InChI is InChI=1S/C16H26N2O3/c1-16(2,3)14(19)9-10-17-15(20)18-11-12-5-7-13(21-4)8-6-12/h5-8,14,19H,9-11H2,1-4H3,(H2,17,18,20)/t14-/m0/s1. The van der Waals surface area contributed by atoms with Gasteiger partial charge in [-0.15, -0.1) is 0 Å². The summed E-state index contributed by atoms with van der Waals surface area (Å²) in [5, 5.41) is 15.4. The maximum atomic E-state index is 11.6. The van der Waals surface area contributed by atoms with E-state index >= 15 is 0 Å². The van der Waals surface area contributed by atoms with Crippen molar-refractivity contribution in [2.45, 2.75) is 39.8 Å². The molecule has 1 rings (SSSR count). The Kier molecular flexibility index (Phi) is 6.49. The van der Waals surface area contributed by atoms with Gasteiger partial charge in [0.2, 0.25) is 0 Å². The molecule has 0 aromatic heterocycles. The Hall–Kier alpha value is -1.75. The zero-order valence-electron chi connectivity index (χ0n) is 13.3. The first kappa shape index (κ1) is 17.3. The molecule has 1 aromatic rings. The number of urea groups is 1. The summed E-state index contributed by atoms with van der Waals surface area (Å²) in [6, 6.07) is 7.29. The van der Waals surface area contributed by atoms with Crippen molar-refractivity contribution in [2.75, 3.05) is 13.7 Å². The maximum absolute atomic E-state index is 11.6. The van der Waals surface area contributed by atoms with E-state index in [2.05, 4.69) is 10.6 Å². The molecule has 5 nitrogen and oxygen atoms in total. The molecule has 0 aliphatic carbocycles. The van der Waals surface area contributed by atoms with Crippen molar-refractivity contribution in [1.29, 1.82) is 0 Å². The molecule has 21 heavy (non-hydrogen) atoms. The number of aliphatic hydroxyl groups excluding tert-OH is 1. The fourth-order valence-electron chi connectivity index (χ4n) is 1.74. The van der Waals surface area contributed by atoms with Gasteiger partial charge in [-0.2, -0.15) is 0 Å². The van der Waals surface area contributed by atoms with Crippen LogP contribution >= 0.6 is 0 Å². The number of ether oxygens (including phenoxy) is 1. The monoisotopic (exact) mass is 294 g/mol. The lowest BCUT2D eigenvalue weighted by Gasteiger charge is -2.25. The molecule has 0 aliphatic rings. The fraction of sp³-hybridized carbons (Fsp3) is 0.562. The van der Waals surface area contributed by atoms with Crippen LogP contribution in [0, 0.1) is 5.41 Å². The van der Waals surface area contributed by atoms with Crippen molar-refractivity contribution in [2.24, 2.45) is 5.41 Å². The predicted octanol–water partition coefficient (Wildman–Crippen LogP) is 2.29. The third-order valence-electron chi connectivity index (χ3n) is 3.32. The topological polar surface area (TPSA) is 70.6 Å². The van der Waals surface area contributed by atoms with Gasteiger partial charge in [-0.1, -0.05) is 32.9 Å². The molecule has 1 aromatic carbocycles. The lowest BCUT2D eigenvalue weighted by molar-refractivity contribution is 0.0564. The van der Waals surface area contributed by atoms with Crippen LogP contribution in [0.2, 0.25) is 0 Å². The maximum Gasteiger partial charge on any atom is 0.315 e. The molecular formula is C16H26N2O3. The molecular weight excluding hydrogens is 268 g/mol. The smallest absolute Gasteiger partial charge is 0.315 e. The van der Waals surface area contributed by atoms with Crippen LogP contribution in [0.25, 0.3) is 0 Å². The van der Waals surface area contributed by atoms with Crippen molar-refractivity contribution in [3.05, 3.63) is 29.8 Å². The average Bonchev–Trinajstić information content (AvgIpc) is 2.44. The van der Waals surface area contributed by atoms with Gasteiger partial charge in [0.15, 0.2) is 0 Å². The van der Waals surface area contributed by atoms with Crippen molar-refractivity contribution in [3.8, 4) is 5.75 Å². The summed E-state index contributed by atoms with van der Waals surface area (Å²) in [6.07, 6.45) is 0.110. The second-order valence-electron chi connectivity index (χ2n) is 6.13. The molecule has 0 fully saturated rings. The number of aliphatic hydroxyl groups is 1. The number of hydrogen-bond donors (Lipinski definition) is 3. The molecule has 0 saturated carbocycles. The first-order chi connectivity index (χ1) is 9.82. The van der Waals surface area contributed by atoms with Crippen LogP contribution in [0.5, 0.6) is 5.75 Å². The fourth-order valence-corrected chi connectivity index (χ4v) is 1.74. The van der Waals surface area contributed by atoms with Crippen molar-refractivity contribution < 1.29 is 14.6 Å². The predicted molar refractivity (Wildman–Crippen MR) is 83.3 cm³/mol. The van der Waals surface area contributed by atoms with Crippen molar-refractivity contribution in [3.63, 3.8) is 0 Å². The van der Waals surface area contributed by atoms with Crippen LogP contribution in [0.1, 0.15) is 32.8 Å². The first-order valence-electron chi connectivity index (χ1n) is 7.15. The zero-order chi connectivity index (χ0) is 15.9. The number of carbonyl (C=O) groups is 1. The summed E-state index contributed by atoms with van der Waals surface area (Å²) >= 11 is 0. The van der Waals surface area contributed by atoms with E-state index in [9.17, 15) is 9.90 Å². The molecule has 118 valence electrons. The minimum absolute atomic E-state index is 0.165. The Morgan fingerprint density at radius 2 is 1.86 bits per heavy atom. The number of hydrogen-bond acceptors (Lipinski definition) is 3. The van der Waals surface area contributed by atoms with E-state index in [4.69, 9.17) is 4.74 Å². The Morgan fingerprint density at radius 1 is 1.24 bits per heavy atom. The Morgan fingerprint density at radius 3 is 2.38 bits per heavy atom. The van der Waals surface area contributed by atoms with Crippen molar-refractivity contribution >= 4 is 6.03 Å². The van der Waals surface area contributed by atoms with Gasteiger partial charge in [-0.25, -0.2) is 4.79 Å². The van der Waals surface area contributed by atoms with E-state index in [1.165, 1.54) is 0 Å². The summed E-state index contributed by atoms with van der Waals surface area (Å²) in [5.74, 6) is 0.791. The highest BCUT2D eigenvalue weighted by atomic mass is 16.5. The van der Waals surface area contributed by atoms with E-state index in [0.717, 1.165) is 11.3 Å². The Bertz CT molecular complexity index is 438. The van der Waals surface area contributed by atoms with Gasteiger partial charge in [-0.3, -0.25) is 0 Å². The van der Waals surface area contributed by atoms with Gasteiger partial charge in [0.05, 0.1) is 13.2 Å². The minimum Gasteiger partial charge on any atom is -0.497 e. The largest absolute Gasteiger partial charge is 0.497 e. The number of rotatable bonds is 6. The zero-order valence-corrected chi connectivity index (χ0v) is 13.3. The van der Waals surface area contributed by atoms with Crippen LogP contribution in [0.4, 0.5) is 4.79 Å². The molecule has 5 heteroatoms. The quantitative estimate of drug-likeness (QED) is 0.754. The highest BCUT2D eigenvalue weighted by molar-refractivity contribution is 5.73. The van der Waals surface area contributed by atoms with E-state index in [0.29, 0.717) is 19.5 Å². The third-order valence-corrected chi connectivity index (χ3v) is 3.32. The van der Waals surface area contributed by atoms with E-state index in [1.54, 1.807) is 7.11 Å². The van der Waals surface area contributed by atoms with Crippen LogP contribution in [-0.4, -0.2) is 30.9 Å². The van der Waals surface area contributed by atoms with Crippen LogP contribution in [-0.2, 0) is 6.54 Å². The lowest BCUT2D eigenvalue weighted by Crippen LogP contribution is -2.38. The van der Waals surface area contributed by atoms with Crippen LogP contribution < -0.4 is 15.4 Å². The third kappa shape index (κ3) is 6.49. The molecule has 0 bridgehead atoms. The van der Waals surface area contributed by atoms with E-state index < -0.39 is 6.10 Å². The van der Waals surface area contributed by atoms with Gasteiger partial charge in [0.25, 0.3) is 0 Å². The summed E-state index contributed by atoms with van der Waals surface area (Å²) in [5.41, 5.74) is 0.835. The van der Waals surface area contributed by atoms with Crippen LogP contribution in [0.15, 0.2) is 24.3 Å². The first-order valence-corrected chi connectivity index (χ1v) is 7.15. The number of nitrogens with one attached hydrogen (secondary N) is 2. The molecule has 0 heterocycles. The Balaban J connectivity index is 2.25. The number of methoxy groups -OCH3 is 1. The molecule has 3 N–H and O–H groups in total. The van der Waals surface area contributed by atoms with Gasteiger partial charge < -0.3 is 20.5 Å². The van der Waals surface area contributed by atoms with E-state index in [1.807, 2.05) is 45.0 Å². The van der Waals surface area contributed by atoms with Gasteiger partial charge >= 0.3 is 6.03 Å². The minimum atomic E-state index is -0.431. The van der Waals surface area contributed by atoms with Crippen LogP contribution in [0.3, 0.4) is 0 Å². The molecule has 0 saturated heterocycles. The summed E-state index contributed by atoms with van der Waals surface area (Å²) in [4.78, 5) is 11.6. The Labute approximate surface area is 126 Å². The SMILES string of the molecule is COc1ccc(CNC(=O)NCC[C@H](O)C(C)(C)C)cc1. The number of benzene rings is 1. The second-order valence-corrected chi connectivity index (χ2v) is 6.13. The second kappa shape index (κ2) is 7.88. The molecule has 0 spiro atoms. The highest BCUT2D eigenvalue weighted by Gasteiger charge is 2.21. The summed E-state index contributed by atoms with van der Waals surface area (Å²) < 4.78 is 5.07. The lowest BCUT2D eigenvalue weighted by atomic mass is 9.87. The van der Waals surface area contributed by atoms with Gasteiger partial charge in [0.1, 0.15) is 5.75 Å². The summed E-state index contributed by atoms with van der Waals surface area (Å²) in [7, 11) is 1.62. The molecule has 1 atom stereocenters. The summed E-state index contributed by atoms with van der Waals surface area (Å²) in [6.45, 7) is 6.83. The average molecular weight is 294 g/mol. The van der Waals surface area contributed by atoms with Crippen molar-refractivity contribution in [1.82, 2.24) is 10.6 Å². The molecule has 2 amide bonds. The van der Waals surface area contributed by atoms with Gasteiger partial charge in [0, 0.05) is 13.1 Å². The molecule has 0 unspecified atom stereocenters. The normalized spacial score (nSPS) is 12.6. The van der Waals surface area contributed by atoms with Gasteiger partial charge in [-0.05, 0) is 29.5 Å². The highest BCUT2D eigenvalue weighted by Crippen LogP contribution is 2.20. The van der Waals surface area contributed by atoms with E-state index in [-0.39, 0.29) is 11.4 Å². The number of amides is 2.